The molecule has 0 aliphatic carbocycles. The van der Waals surface area contributed by atoms with Crippen LogP contribution in [0, 0.1) is 6.92 Å². The highest BCUT2D eigenvalue weighted by Crippen LogP contribution is 2.25. The van der Waals surface area contributed by atoms with Crippen LogP contribution in [-0.2, 0) is 5.75 Å². The molecular weight excluding hydrogens is 370 g/mol. The van der Waals surface area contributed by atoms with Gasteiger partial charge in [-0.25, -0.2) is 4.98 Å². The van der Waals surface area contributed by atoms with Gasteiger partial charge in [0.05, 0.1) is 11.4 Å². The molecule has 0 spiro atoms. The molecule has 130 valence electrons. The maximum Gasteiger partial charge on any atom is 0.226 e. The summed E-state index contributed by atoms with van der Waals surface area (Å²) in [6.45, 7) is 2.04. The molecule has 0 saturated carbocycles. The van der Waals surface area contributed by atoms with Gasteiger partial charge in [-0.2, -0.15) is 4.68 Å². The summed E-state index contributed by atoms with van der Waals surface area (Å²) in [5.74, 6) is 1.17. The maximum atomic E-state index is 5.91. The molecule has 0 aliphatic rings. The largest absolute Gasteiger partial charge is 0.444 e. The minimum atomic E-state index is 0.565. The maximum absolute atomic E-state index is 5.91. The number of halogens is 1. The average Bonchev–Trinajstić information content (AvgIpc) is 3.30. The van der Waals surface area contributed by atoms with Crippen molar-refractivity contribution in [1.82, 2.24) is 25.2 Å². The molecule has 0 N–H and O–H groups in total. The van der Waals surface area contributed by atoms with E-state index in [2.05, 4.69) is 20.5 Å². The number of thioether (sulfide) groups is 1. The van der Waals surface area contributed by atoms with E-state index in [1.54, 1.807) is 10.9 Å². The highest BCUT2D eigenvalue weighted by molar-refractivity contribution is 7.98. The normalized spacial score (nSPS) is 11.0. The zero-order valence-corrected chi connectivity index (χ0v) is 15.4. The van der Waals surface area contributed by atoms with Crippen molar-refractivity contribution in [3.63, 3.8) is 0 Å². The molecule has 6 nitrogen and oxygen atoms in total. The van der Waals surface area contributed by atoms with Gasteiger partial charge < -0.3 is 4.42 Å². The molecule has 2 aromatic carbocycles. The number of oxazole rings is 1. The summed E-state index contributed by atoms with van der Waals surface area (Å²) in [7, 11) is 0. The van der Waals surface area contributed by atoms with Gasteiger partial charge >= 0.3 is 0 Å². The average molecular weight is 384 g/mol. The standard InChI is InChI=1S/C18H14ClN5OS/c1-12-2-8-16(9-3-12)24-18(21-22-23-24)26-11-15-10-25-17(20-15)13-4-6-14(19)7-5-13/h2-10H,11H2,1H3. The fraction of sp³-hybridized carbons (Fsp3) is 0.111. The van der Waals surface area contributed by atoms with Gasteiger partial charge in [0.1, 0.15) is 6.26 Å². The first-order valence-electron chi connectivity index (χ1n) is 7.87. The van der Waals surface area contributed by atoms with E-state index < -0.39 is 0 Å². The zero-order chi connectivity index (χ0) is 17.9. The van der Waals surface area contributed by atoms with E-state index in [0.717, 1.165) is 16.9 Å². The first-order valence-corrected chi connectivity index (χ1v) is 9.24. The van der Waals surface area contributed by atoms with E-state index >= 15 is 0 Å². The van der Waals surface area contributed by atoms with Crippen LogP contribution in [0.1, 0.15) is 11.3 Å². The van der Waals surface area contributed by atoms with Crippen molar-refractivity contribution in [2.24, 2.45) is 0 Å². The molecule has 0 bridgehead atoms. The van der Waals surface area contributed by atoms with E-state index in [0.29, 0.717) is 21.8 Å². The number of benzene rings is 2. The van der Waals surface area contributed by atoms with Crippen LogP contribution in [0.15, 0.2) is 64.4 Å². The second-order valence-corrected chi connectivity index (χ2v) is 7.03. The molecular formula is C18H14ClN5OS. The predicted molar refractivity (Wildman–Crippen MR) is 100 cm³/mol. The van der Waals surface area contributed by atoms with Crippen LogP contribution in [0.3, 0.4) is 0 Å². The van der Waals surface area contributed by atoms with Gasteiger partial charge in [0.25, 0.3) is 0 Å². The van der Waals surface area contributed by atoms with Gasteiger partial charge in [-0.1, -0.05) is 41.1 Å². The van der Waals surface area contributed by atoms with Gasteiger partial charge in [-0.15, -0.1) is 5.10 Å². The molecule has 0 unspecified atom stereocenters. The molecule has 2 heterocycles. The third-order valence-electron chi connectivity index (χ3n) is 3.71. The second kappa shape index (κ2) is 7.31. The van der Waals surface area contributed by atoms with Crippen molar-refractivity contribution in [1.29, 1.82) is 0 Å². The van der Waals surface area contributed by atoms with E-state index in [-0.39, 0.29) is 0 Å². The van der Waals surface area contributed by atoms with Gasteiger partial charge in [-0.05, 0) is 53.7 Å². The molecule has 0 radical (unpaired) electrons. The van der Waals surface area contributed by atoms with Crippen molar-refractivity contribution < 1.29 is 4.42 Å². The van der Waals surface area contributed by atoms with Crippen LogP contribution >= 0.6 is 23.4 Å². The van der Waals surface area contributed by atoms with Crippen LogP contribution < -0.4 is 0 Å². The van der Waals surface area contributed by atoms with Crippen molar-refractivity contribution in [3.8, 4) is 17.1 Å². The fourth-order valence-electron chi connectivity index (χ4n) is 2.35. The quantitative estimate of drug-likeness (QED) is 0.470. The number of hydrogen-bond donors (Lipinski definition) is 0. The summed E-state index contributed by atoms with van der Waals surface area (Å²) < 4.78 is 7.28. The Bertz CT molecular complexity index is 1010. The molecule has 4 aromatic rings. The molecule has 4 rings (SSSR count). The molecule has 8 heteroatoms. The summed E-state index contributed by atoms with van der Waals surface area (Å²) in [6, 6.07) is 15.4. The molecule has 0 atom stereocenters. The number of tetrazole rings is 1. The summed E-state index contributed by atoms with van der Waals surface area (Å²) >= 11 is 7.41. The lowest BCUT2D eigenvalue weighted by molar-refractivity contribution is 0.573. The number of rotatable bonds is 5. The van der Waals surface area contributed by atoms with Crippen LogP contribution in [0.4, 0.5) is 0 Å². The summed E-state index contributed by atoms with van der Waals surface area (Å²) in [5.41, 5.74) is 3.81. The zero-order valence-electron chi connectivity index (χ0n) is 13.8. The Hall–Kier alpha value is -2.64. The Morgan fingerprint density at radius 1 is 1.08 bits per heavy atom. The predicted octanol–water partition coefficient (Wildman–Crippen LogP) is 4.57. The van der Waals surface area contributed by atoms with Crippen molar-refractivity contribution in [2.75, 3.05) is 0 Å². The number of aryl methyl sites for hydroxylation is 1. The smallest absolute Gasteiger partial charge is 0.226 e. The molecule has 0 saturated heterocycles. The van der Waals surface area contributed by atoms with Crippen LogP contribution in [0.2, 0.25) is 5.02 Å². The molecule has 0 amide bonds. The van der Waals surface area contributed by atoms with E-state index in [1.165, 1.54) is 17.3 Å². The molecule has 0 fully saturated rings. The van der Waals surface area contributed by atoms with Gasteiger partial charge in [0, 0.05) is 16.3 Å². The molecule has 26 heavy (non-hydrogen) atoms. The highest BCUT2D eigenvalue weighted by atomic mass is 35.5. The monoisotopic (exact) mass is 383 g/mol. The number of hydrogen-bond acceptors (Lipinski definition) is 6. The van der Waals surface area contributed by atoms with Gasteiger partial charge in [0.15, 0.2) is 0 Å². The van der Waals surface area contributed by atoms with Crippen molar-refractivity contribution >= 4 is 23.4 Å². The van der Waals surface area contributed by atoms with Crippen LogP contribution in [-0.4, -0.2) is 25.2 Å². The third-order valence-corrected chi connectivity index (χ3v) is 4.92. The van der Waals surface area contributed by atoms with Crippen molar-refractivity contribution in [2.45, 2.75) is 17.8 Å². The lowest BCUT2D eigenvalue weighted by Crippen LogP contribution is -1.99. The second-order valence-electron chi connectivity index (χ2n) is 5.65. The first kappa shape index (κ1) is 16.8. The Morgan fingerprint density at radius 2 is 1.85 bits per heavy atom. The Balaban J connectivity index is 1.48. The topological polar surface area (TPSA) is 69.6 Å². The highest BCUT2D eigenvalue weighted by Gasteiger charge is 2.12. The van der Waals surface area contributed by atoms with Crippen LogP contribution in [0.25, 0.3) is 17.1 Å². The Labute approximate surface area is 159 Å². The molecule has 0 aliphatic heterocycles. The third kappa shape index (κ3) is 3.63. The van der Waals surface area contributed by atoms with Gasteiger partial charge in [0.2, 0.25) is 11.0 Å². The lowest BCUT2D eigenvalue weighted by Gasteiger charge is -2.03. The molecule has 2 aromatic heterocycles. The summed E-state index contributed by atoms with van der Waals surface area (Å²) in [5, 5.41) is 13.3. The van der Waals surface area contributed by atoms with E-state index in [4.69, 9.17) is 16.0 Å². The minimum absolute atomic E-state index is 0.565. The van der Waals surface area contributed by atoms with E-state index in [1.807, 2.05) is 55.5 Å². The minimum Gasteiger partial charge on any atom is -0.444 e. The summed E-state index contributed by atoms with van der Waals surface area (Å²) in [4.78, 5) is 4.52. The Morgan fingerprint density at radius 3 is 2.62 bits per heavy atom. The van der Waals surface area contributed by atoms with E-state index in [9.17, 15) is 0 Å². The number of aromatic nitrogens is 5. The lowest BCUT2D eigenvalue weighted by atomic mass is 10.2. The SMILES string of the molecule is Cc1ccc(-n2nnnc2SCc2coc(-c3ccc(Cl)cc3)n2)cc1. The Kier molecular flexibility index (Phi) is 4.73. The van der Waals surface area contributed by atoms with Crippen molar-refractivity contribution in [3.05, 3.63) is 71.1 Å². The van der Waals surface area contributed by atoms with Gasteiger partial charge in [-0.3, -0.25) is 0 Å². The first-order chi connectivity index (χ1) is 12.7. The number of nitrogens with zero attached hydrogens (tertiary/aromatic N) is 5. The fourth-order valence-corrected chi connectivity index (χ4v) is 3.25. The summed E-state index contributed by atoms with van der Waals surface area (Å²) in [6.07, 6.45) is 1.65. The van der Waals surface area contributed by atoms with Crippen LogP contribution in [0.5, 0.6) is 0 Å².